The number of aromatic nitrogens is 2. The zero-order valence-corrected chi connectivity index (χ0v) is 13.6. The molecule has 0 aliphatic rings. The first-order chi connectivity index (χ1) is 11.2. The van der Waals surface area contributed by atoms with Crippen molar-refractivity contribution < 1.29 is 36.0 Å². The van der Waals surface area contributed by atoms with E-state index in [9.17, 15) is 31.4 Å². The second-order valence-corrected chi connectivity index (χ2v) is 6.01. The Morgan fingerprint density at radius 2 is 1.72 bits per heavy atom. The maximum absolute atomic E-state index is 13.1. The number of hydrogen-bond donors (Lipinski definition) is 1. The number of halogens is 8. The van der Waals surface area contributed by atoms with Gasteiger partial charge in [0.05, 0.1) is 6.42 Å². The molecule has 0 saturated carbocycles. The van der Waals surface area contributed by atoms with Crippen LogP contribution in [0.2, 0.25) is 10.0 Å². The number of benzene rings is 1. The molecule has 1 heterocycles. The van der Waals surface area contributed by atoms with E-state index in [1.54, 1.807) is 0 Å². The van der Waals surface area contributed by atoms with Crippen LogP contribution in [0, 0.1) is 0 Å². The normalized spacial score (nSPS) is 15.3. The molecular weight excluding hydrogens is 401 g/mol. The maximum Gasteiger partial charge on any atom is 0.455 e. The van der Waals surface area contributed by atoms with Gasteiger partial charge in [-0.15, -0.1) is 0 Å². The van der Waals surface area contributed by atoms with E-state index >= 15 is 0 Å². The smallest absolute Gasteiger partial charge is 0.376 e. The first kappa shape index (κ1) is 19.8. The molecular formula is C13H8Cl2F6N2O2. The highest BCUT2D eigenvalue weighted by Crippen LogP contribution is 2.43. The van der Waals surface area contributed by atoms with E-state index in [4.69, 9.17) is 23.2 Å². The molecule has 1 atom stereocenters. The quantitative estimate of drug-likeness (QED) is 0.744. The van der Waals surface area contributed by atoms with Crippen molar-refractivity contribution in [1.82, 2.24) is 10.1 Å². The standard InChI is InChI=1S/C13H8Cl2F6N2O2/c1-11(24,13(19,20)21)7-2-5(14)3-8(15)6(7)4-9-22-10(23-25-9)12(16,17)18/h2-3,24H,4H2,1H3/t11-/m0/s1. The van der Waals surface area contributed by atoms with Crippen molar-refractivity contribution in [3.8, 4) is 0 Å². The molecule has 1 N–H and O–H groups in total. The Kier molecular flexibility index (Phi) is 5.01. The van der Waals surface area contributed by atoms with Crippen LogP contribution in [0.15, 0.2) is 16.7 Å². The molecule has 0 spiro atoms. The van der Waals surface area contributed by atoms with Gasteiger partial charge in [-0.05, 0) is 30.2 Å². The van der Waals surface area contributed by atoms with Gasteiger partial charge in [0, 0.05) is 10.0 Å². The van der Waals surface area contributed by atoms with Gasteiger partial charge >= 0.3 is 12.4 Å². The number of alkyl halides is 6. The van der Waals surface area contributed by atoms with Crippen molar-refractivity contribution in [2.45, 2.75) is 31.3 Å². The van der Waals surface area contributed by atoms with Crippen LogP contribution in [0.1, 0.15) is 29.8 Å². The third kappa shape index (κ3) is 4.01. The fourth-order valence-corrected chi connectivity index (χ4v) is 2.52. The summed E-state index contributed by atoms with van der Waals surface area (Å²) >= 11 is 11.5. The fraction of sp³-hybridized carbons (Fsp3) is 0.385. The summed E-state index contributed by atoms with van der Waals surface area (Å²) in [7, 11) is 0. The Labute approximate surface area is 146 Å². The minimum absolute atomic E-state index is 0.199. The van der Waals surface area contributed by atoms with Gasteiger partial charge in [0.15, 0.2) is 5.60 Å². The summed E-state index contributed by atoms with van der Waals surface area (Å²) in [6.07, 6.45) is -10.6. The Morgan fingerprint density at radius 1 is 1.12 bits per heavy atom. The van der Waals surface area contributed by atoms with Gasteiger partial charge in [0.1, 0.15) is 0 Å². The van der Waals surface area contributed by atoms with Crippen LogP contribution in [0.3, 0.4) is 0 Å². The van der Waals surface area contributed by atoms with Gasteiger partial charge in [-0.3, -0.25) is 0 Å². The molecule has 4 nitrogen and oxygen atoms in total. The first-order valence-corrected chi connectivity index (χ1v) is 7.16. The summed E-state index contributed by atoms with van der Waals surface area (Å²) in [5.41, 5.74) is -4.43. The first-order valence-electron chi connectivity index (χ1n) is 6.40. The largest absolute Gasteiger partial charge is 0.455 e. The zero-order chi connectivity index (χ0) is 19.2. The molecule has 1 aromatic carbocycles. The van der Waals surface area contributed by atoms with Gasteiger partial charge in [0.25, 0.3) is 5.82 Å². The summed E-state index contributed by atoms with van der Waals surface area (Å²) in [6, 6.07) is 1.90. The van der Waals surface area contributed by atoms with Gasteiger partial charge in [0.2, 0.25) is 5.89 Å². The lowest BCUT2D eigenvalue weighted by atomic mass is 9.89. The Hall–Kier alpha value is -1.52. The second kappa shape index (κ2) is 6.33. The van der Waals surface area contributed by atoms with Crippen molar-refractivity contribution in [3.63, 3.8) is 0 Å². The molecule has 0 aliphatic heterocycles. The molecule has 12 heteroatoms. The van der Waals surface area contributed by atoms with Crippen molar-refractivity contribution in [2.24, 2.45) is 0 Å². The summed E-state index contributed by atoms with van der Waals surface area (Å²) in [4.78, 5) is 3.07. The number of aliphatic hydroxyl groups is 1. The van der Waals surface area contributed by atoms with Crippen LogP contribution < -0.4 is 0 Å². The van der Waals surface area contributed by atoms with E-state index in [1.165, 1.54) is 0 Å². The number of rotatable bonds is 3. The SMILES string of the molecule is C[C@](O)(c1cc(Cl)cc(Cl)c1Cc1nc(C(F)(F)F)no1)C(F)(F)F. The third-order valence-electron chi connectivity index (χ3n) is 3.29. The predicted molar refractivity (Wildman–Crippen MR) is 74.2 cm³/mol. The monoisotopic (exact) mass is 408 g/mol. The van der Waals surface area contributed by atoms with Crippen LogP contribution in [-0.2, 0) is 18.2 Å². The fourth-order valence-electron chi connectivity index (χ4n) is 1.96. The highest BCUT2D eigenvalue weighted by atomic mass is 35.5. The molecule has 0 aliphatic carbocycles. The second-order valence-electron chi connectivity index (χ2n) is 5.17. The van der Waals surface area contributed by atoms with Crippen LogP contribution >= 0.6 is 23.2 Å². The van der Waals surface area contributed by atoms with E-state index < -0.39 is 41.7 Å². The molecule has 0 unspecified atom stereocenters. The van der Waals surface area contributed by atoms with Crippen LogP contribution in [0.4, 0.5) is 26.3 Å². The molecule has 1 aromatic heterocycles. The molecule has 0 saturated heterocycles. The number of hydrogen-bond acceptors (Lipinski definition) is 4. The van der Waals surface area contributed by atoms with Crippen LogP contribution in [0.5, 0.6) is 0 Å². The van der Waals surface area contributed by atoms with Crippen molar-refractivity contribution in [1.29, 1.82) is 0 Å². The topological polar surface area (TPSA) is 59.2 Å². The molecule has 0 amide bonds. The van der Waals surface area contributed by atoms with Gasteiger partial charge in [-0.2, -0.15) is 31.3 Å². The van der Waals surface area contributed by atoms with E-state index in [1.807, 2.05) is 0 Å². The lowest BCUT2D eigenvalue weighted by Crippen LogP contribution is -2.40. The predicted octanol–water partition coefficient (Wildman–Crippen LogP) is 4.76. The number of nitrogens with zero attached hydrogens (tertiary/aromatic N) is 2. The van der Waals surface area contributed by atoms with E-state index in [-0.39, 0.29) is 15.6 Å². The molecule has 0 bridgehead atoms. The molecule has 0 fully saturated rings. The van der Waals surface area contributed by atoms with E-state index in [0.29, 0.717) is 6.92 Å². The van der Waals surface area contributed by atoms with Crippen molar-refractivity contribution in [2.75, 3.05) is 0 Å². The highest BCUT2D eigenvalue weighted by molar-refractivity contribution is 6.35. The molecule has 138 valence electrons. The maximum atomic E-state index is 13.1. The van der Waals surface area contributed by atoms with Gasteiger partial charge in [-0.25, -0.2) is 0 Å². The Balaban J connectivity index is 2.53. The summed E-state index contributed by atoms with van der Waals surface area (Å²) in [5.74, 6) is -2.22. The zero-order valence-electron chi connectivity index (χ0n) is 12.1. The molecule has 2 aromatic rings. The van der Waals surface area contributed by atoms with Gasteiger partial charge < -0.3 is 9.63 Å². The highest BCUT2D eigenvalue weighted by Gasteiger charge is 2.52. The molecule has 0 radical (unpaired) electrons. The lowest BCUT2D eigenvalue weighted by molar-refractivity contribution is -0.259. The Bertz CT molecular complexity index is 786. The summed E-state index contributed by atoms with van der Waals surface area (Å²) in [5, 5.41) is 12.1. The molecule has 25 heavy (non-hydrogen) atoms. The lowest BCUT2D eigenvalue weighted by Gasteiger charge is -2.29. The van der Waals surface area contributed by atoms with Crippen LogP contribution in [-0.4, -0.2) is 21.4 Å². The minimum Gasteiger partial charge on any atom is -0.376 e. The Morgan fingerprint density at radius 3 is 2.20 bits per heavy atom. The van der Waals surface area contributed by atoms with Crippen molar-refractivity contribution >= 4 is 23.2 Å². The van der Waals surface area contributed by atoms with Gasteiger partial charge in [-0.1, -0.05) is 28.4 Å². The average Bonchev–Trinajstić information content (AvgIpc) is 2.88. The molecule has 2 rings (SSSR count). The minimum atomic E-state index is -5.10. The third-order valence-corrected chi connectivity index (χ3v) is 3.84. The van der Waals surface area contributed by atoms with E-state index in [0.717, 1.165) is 12.1 Å². The summed E-state index contributed by atoms with van der Waals surface area (Å²) in [6.45, 7) is 0.466. The van der Waals surface area contributed by atoms with Crippen LogP contribution in [0.25, 0.3) is 0 Å². The van der Waals surface area contributed by atoms with E-state index in [2.05, 4.69) is 14.7 Å². The summed E-state index contributed by atoms with van der Waals surface area (Å²) < 4.78 is 81.2. The van der Waals surface area contributed by atoms with Crippen molar-refractivity contribution in [3.05, 3.63) is 45.0 Å². The average molecular weight is 409 g/mol.